The molecule has 0 unspecified atom stereocenters. The highest BCUT2D eigenvalue weighted by atomic mass is 16.5. The SMILES string of the molecule is CCOc1ccc(CN2C[C@@H](CO)[C@H](NC(=O)c3cnccn3)C2)cc1. The number of ether oxygens (including phenoxy) is 1. The van der Waals surface area contributed by atoms with Gasteiger partial charge in [0.25, 0.3) is 5.91 Å². The van der Waals surface area contributed by atoms with Gasteiger partial charge in [-0.05, 0) is 24.6 Å². The molecule has 1 aromatic heterocycles. The van der Waals surface area contributed by atoms with Gasteiger partial charge in [0.05, 0.1) is 12.8 Å². The monoisotopic (exact) mass is 356 g/mol. The Morgan fingerprint density at radius 2 is 2.12 bits per heavy atom. The lowest BCUT2D eigenvalue weighted by molar-refractivity contribution is 0.0915. The molecule has 1 saturated heterocycles. The van der Waals surface area contributed by atoms with Crippen molar-refractivity contribution in [2.24, 2.45) is 5.92 Å². The van der Waals surface area contributed by atoms with Crippen LogP contribution in [-0.2, 0) is 6.54 Å². The van der Waals surface area contributed by atoms with Gasteiger partial charge in [-0.1, -0.05) is 12.1 Å². The summed E-state index contributed by atoms with van der Waals surface area (Å²) in [5.41, 5.74) is 1.46. The van der Waals surface area contributed by atoms with E-state index in [0.717, 1.165) is 18.8 Å². The van der Waals surface area contributed by atoms with Crippen LogP contribution in [0, 0.1) is 5.92 Å². The predicted octanol–water partition coefficient (Wildman–Crippen LogP) is 1.10. The summed E-state index contributed by atoms with van der Waals surface area (Å²) < 4.78 is 5.46. The van der Waals surface area contributed by atoms with Gasteiger partial charge in [0.1, 0.15) is 11.4 Å². The van der Waals surface area contributed by atoms with Crippen molar-refractivity contribution in [1.29, 1.82) is 0 Å². The maximum atomic E-state index is 12.3. The fraction of sp³-hybridized carbons (Fsp3) is 0.421. The zero-order valence-electron chi connectivity index (χ0n) is 14.8. The molecule has 7 heteroatoms. The van der Waals surface area contributed by atoms with Gasteiger partial charge in [-0.3, -0.25) is 14.7 Å². The maximum absolute atomic E-state index is 12.3. The number of aromatic nitrogens is 2. The Labute approximate surface area is 153 Å². The highest BCUT2D eigenvalue weighted by molar-refractivity contribution is 5.92. The number of hydrogen-bond donors (Lipinski definition) is 2. The zero-order chi connectivity index (χ0) is 18.4. The number of nitrogens with one attached hydrogen (secondary N) is 1. The van der Waals surface area contributed by atoms with E-state index in [1.165, 1.54) is 24.2 Å². The van der Waals surface area contributed by atoms with Crippen LogP contribution in [0.25, 0.3) is 0 Å². The molecule has 0 saturated carbocycles. The van der Waals surface area contributed by atoms with Gasteiger partial charge >= 0.3 is 0 Å². The Bertz CT molecular complexity index is 708. The minimum atomic E-state index is -0.260. The molecule has 2 N–H and O–H groups in total. The number of carbonyl (C=O) groups is 1. The van der Waals surface area contributed by atoms with Gasteiger partial charge in [-0.25, -0.2) is 4.98 Å². The van der Waals surface area contributed by atoms with Gasteiger partial charge in [-0.15, -0.1) is 0 Å². The molecule has 0 aliphatic carbocycles. The van der Waals surface area contributed by atoms with E-state index in [1.54, 1.807) is 0 Å². The molecule has 26 heavy (non-hydrogen) atoms. The number of carbonyl (C=O) groups excluding carboxylic acids is 1. The van der Waals surface area contributed by atoms with Gasteiger partial charge < -0.3 is 15.2 Å². The number of aliphatic hydroxyl groups excluding tert-OH is 1. The number of likely N-dealkylation sites (tertiary alicyclic amines) is 1. The minimum absolute atomic E-state index is 0.00156. The highest BCUT2D eigenvalue weighted by Gasteiger charge is 2.33. The fourth-order valence-corrected chi connectivity index (χ4v) is 3.21. The lowest BCUT2D eigenvalue weighted by Gasteiger charge is -2.18. The van der Waals surface area contributed by atoms with Crippen LogP contribution in [0.4, 0.5) is 0 Å². The third-order valence-electron chi connectivity index (χ3n) is 4.50. The van der Waals surface area contributed by atoms with Gasteiger partial charge in [0, 0.05) is 50.6 Å². The average molecular weight is 356 g/mol. The first kappa shape index (κ1) is 18.3. The topological polar surface area (TPSA) is 87.6 Å². The summed E-state index contributed by atoms with van der Waals surface area (Å²) in [5, 5.41) is 12.7. The average Bonchev–Trinajstić information content (AvgIpc) is 3.05. The quantitative estimate of drug-likeness (QED) is 0.772. The van der Waals surface area contributed by atoms with Crippen LogP contribution in [0.1, 0.15) is 23.0 Å². The van der Waals surface area contributed by atoms with Crippen LogP contribution in [0.2, 0.25) is 0 Å². The first-order chi connectivity index (χ1) is 12.7. The zero-order valence-corrected chi connectivity index (χ0v) is 14.8. The van der Waals surface area contributed by atoms with E-state index < -0.39 is 0 Å². The Morgan fingerprint density at radius 1 is 1.31 bits per heavy atom. The van der Waals surface area contributed by atoms with E-state index in [9.17, 15) is 9.90 Å². The summed E-state index contributed by atoms with van der Waals surface area (Å²) in [6.07, 6.45) is 4.46. The van der Waals surface area contributed by atoms with Crippen molar-refractivity contribution in [1.82, 2.24) is 20.2 Å². The number of aliphatic hydroxyl groups is 1. The van der Waals surface area contributed by atoms with E-state index in [4.69, 9.17) is 4.74 Å². The van der Waals surface area contributed by atoms with Crippen LogP contribution in [-0.4, -0.2) is 58.2 Å². The lowest BCUT2D eigenvalue weighted by atomic mass is 10.1. The number of hydrogen-bond acceptors (Lipinski definition) is 6. The molecule has 0 bridgehead atoms. The van der Waals surface area contributed by atoms with E-state index in [0.29, 0.717) is 13.2 Å². The normalized spacial score (nSPS) is 20.1. The van der Waals surface area contributed by atoms with Crippen LogP contribution in [0.15, 0.2) is 42.9 Å². The van der Waals surface area contributed by atoms with Crippen LogP contribution in [0.3, 0.4) is 0 Å². The van der Waals surface area contributed by atoms with E-state index in [1.807, 2.05) is 31.2 Å². The summed E-state index contributed by atoms with van der Waals surface area (Å²) in [5.74, 6) is 0.600. The minimum Gasteiger partial charge on any atom is -0.494 e. The third-order valence-corrected chi connectivity index (χ3v) is 4.50. The fourth-order valence-electron chi connectivity index (χ4n) is 3.21. The number of amides is 1. The van der Waals surface area contributed by atoms with Crippen LogP contribution in [0.5, 0.6) is 5.75 Å². The summed E-state index contributed by atoms with van der Waals surface area (Å²) in [6.45, 7) is 4.82. The highest BCUT2D eigenvalue weighted by Crippen LogP contribution is 2.21. The molecule has 2 aromatic rings. The molecule has 1 aromatic carbocycles. The second kappa shape index (κ2) is 8.73. The van der Waals surface area contributed by atoms with Crippen LogP contribution >= 0.6 is 0 Å². The Balaban J connectivity index is 1.58. The molecule has 138 valence electrons. The Kier molecular flexibility index (Phi) is 6.14. The molecule has 2 atom stereocenters. The van der Waals surface area contributed by atoms with Crippen molar-refractivity contribution >= 4 is 5.91 Å². The molecule has 0 radical (unpaired) electrons. The summed E-state index contributed by atoms with van der Waals surface area (Å²) in [6, 6.07) is 7.91. The molecule has 1 aliphatic heterocycles. The second-order valence-electron chi connectivity index (χ2n) is 6.38. The molecule has 1 aliphatic rings. The van der Waals surface area contributed by atoms with Gasteiger partial charge in [-0.2, -0.15) is 0 Å². The van der Waals surface area contributed by atoms with Crippen molar-refractivity contribution in [2.75, 3.05) is 26.3 Å². The van der Waals surface area contributed by atoms with Crippen molar-refractivity contribution in [2.45, 2.75) is 19.5 Å². The summed E-state index contributed by atoms with van der Waals surface area (Å²) in [4.78, 5) is 22.5. The smallest absolute Gasteiger partial charge is 0.271 e. The van der Waals surface area contributed by atoms with Crippen molar-refractivity contribution < 1.29 is 14.6 Å². The summed E-state index contributed by atoms with van der Waals surface area (Å²) >= 11 is 0. The number of rotatable bonds is 7. The first-order valence-corrected chi connectivity index (χ1v) is 8.81. The predicted molar refractivity (Wildman–Crippen MR) is 96.8 cm³/mol. The largest absolute Gasteiger partial charge is 0.494 e. The molecule has 0 spiro atoms. The standard InChI is InChI=1S/C19H24N4O3/c1-2-26-16-5-3-14(4-6-16)10-23-11-15(13-24)18(12-23)22-19(25)17-9-20-7-8-21-17/h3-9,15,18,24H,2,10-13H2,1H3,(H,22,25)/t15-,18+/m0/s1. The number of benzene rings is 1. The van der Waals surface area contributed by atoms with Crippen LogP contribution < -0.4 is 10.1 Å². The van der Waals surface area contributed by atoms with Crippen molar-refractivity contribution in [3.05, 3.63) is 54.1 Å². The number of nitrogens with zero attached hydrogens (tertiary/aromatic N) is 3. The van der Waals surface area contributed by atoms with E-state index in [-0.39, 0.29) is 30.2 Å². The van der Waals surface area contributed by atoms with Gasteiger partial charge in [0.2, 0.25) is 0 Å². The molecule has 1 amide bonds. The second-order valence-corrected chi connectivity index (χ2v) is 6.38. The molecule has 1 fully saturated rings. The van der Waals surface area contributed by atoms with Crippen molar-refractivity contribution in [3.63, 3.8) is 0 Å². The Morgan fingerprint density at radius 3 is 2.77 bits per heavy atom. The first-order valence-electron chi connectivity index (χ1n) is 8.81. The van der Waals surface area contributed by atoms with Crippen molar-refractivity contribution in [3.8, 4) is 5.75 Å². The lowest BCUT2D eigenvalue weighted by Crippen LogP contribution is -2.41. The van der Waals surface area contributed by atoms with Gasteiger partial charge in [0.15, 0.2) is 0 Å². The van der Waals surface area contributed by atoms with E-state index >= 15 is 0 Å². The molecular formula is C19H24N4O3. The molecule has 2 heterocycles. The van der Waals surface area contributed by atoms with E-state index in [2.05, 4.69) is 20.2 Å². The molecule has 3 rings (SSSR count). The molecule has 7 nitrogen and oxygen atoms in total. The molecular weight excluding hydrogens is 332 g/mol. The summed E-state index contributed by atoms with van der Waals surface area (Å²) in [7, 11) is 0. The third kappa shape index (κ3) is 4.56. The Hall–Kier alpha value is -2.51. The maximum Gasteiger partial charge on any atom is 0.271 e.